The molecule has 1 saturated heterocycles. The fourth-order valence-corrected chi connectivity index (χ4v) is 8.11. The van der Waals surface area contributed by atoms with Gasteiger partial charge in [-0.25, -0.2) is 13.4 Å². The van der Waals surface area contributed by atoms with Crippen LogP contribution in [0.4, 0.5) is 11.5 Å². The van der Waals surface area contributed by atoms with Crippen LogP contribution in [-0.4, -0.2) is 68.5 Å². The summed E-state index contributed by atoms with van der Waals surface area (Å²) in [6.45, 7) is 3.25. The number of nitrogens with zero attached hydrogens (tertiary/aromatic N) is 3. The summed E-state index contributed by atoms with van der Waals surface area (Å²) < 4.78 is 23.5. The third-order valence-corrected chi connectivity index (χ3v) is 10.1. The summed E-state index contributed by atoms with van der Waals surface area (Å²) in [7, 11) is -3.21. The number of aromatic nitrogens is 1. The first-order valence-electron chi connectivity index (χ1n) is 13.5. The van der Waals surface area contributed by atoms with E-state index < -0.39 is 15.4 Å². The Balaban J connectivity index is 1.11. The van der Waals surface area contributed by atoms with Crippen LogP contribution >= 0.6 is 0 Å². The summed E-state index contributed by atoms with van der Waals surface area (Å²) in [5.74, 6) is 2.03. The number of carbonyl (C=O) groups is 1. The van der Waals surface area contributed by atoms with Crippen LogP contribution in [0.25, 0.3) is 0 Å². The Hall–Kier alpha value is -2.65. The van der Waals surface area contributed by atoms with Crippen LogP contribution in [0, 0.1) is 17.8 Å². The molecule has 198 valence electrons. The van der Waals surface area contributed by atoms with E-state index in [0.29, 0.717) is 28.3 Å². The van der Waals surface area contributed by atoms with E-state index in [1.165, 1.54) is 6.26 Å². The maximum Gasteiger partial charge on any atom is 0.270 e. The average molecular weight is 525 g/mol. The van der Waals surface area contributed by atoms with E-state index in [9.17, 15) is 18.3 Å². The van der Waals surface area contributed by atoms with E-state index in [1.54, 1.807) is 18.2 Å². The van der Waals surface area contributed by atoms with Crippen molar-refractivity contribution in [1.29, 1.82) is 0 Å². The molecule has 1 aromatic carbocycles. The van der Waals surface area contributed by atoms with Gasteiger partial charge in [0.15, 0.2) is 9.84 Å². The zero-order valence-electron chi connectivity index (χ0n) is 21.3. The van der Waals surface area contributed by atoms with Gasteiger partial charge in [0.05, 0.1) is 10.5 Å². The van der Waals surface area contributed by atoms with Crippen LogP contribution in [0.2, 0.25) is 0 Å². The van der Waals surface area contributed by atoms with E-state index >= 15 is 0 Å². The predicted molar refractivity (Wildman–Crippen MR) is 143 cm³/mol. The van der Waals surface area contributed by atoms with Crippen LogP contribution in [0.15, 0.2) is 47.4 Å². The molecular weight excluding hydrogens is 488 g/mol. The number of pyridine rings is 1. The standard InChI is InChI=1S/C28H36N4O4S/c1-37(35,36)23-8-6-22(7-9-23)31-10-3-11-32(13-12-31)25-5-2-4-24(29-25)27(33)30-26-20-14-19-15-21(26)18-28(34,16-19)17-20/h2,4-9,19-21,26,34H,3,10-18H2,1H3,(H,30,33). The molecule has 4 saturated carbocycles. The molecule has 4 bridgehead atoms. The highest BCUT2D eigenvalue weighted by Gasteiger charge is 2.55. The van der Waals surface area contributed by atoms with Gasteiger partial charge in [-0.1, -0.05) is 6.07 Å². The van der Waals surface area contributed by atoms with Crippen molar-refractivity contribution in [3.63, 3.8) is 0 Å². The predicted octanol–water partition coefficient (Wildman–Crippen LogP) is 2.87. The number of carbonyl (C=O) groups excluding carboxylic acids is 1. The van der Waals surface area contributed by atoms with Crippen molar-refractivity contribution >= 4 is 27.2 Å². The minimum Gasteiger partial charge on any atom is -0.390 e. The maximum absolute atomic E-state index is 13.2. The maximum atomic E-state index is 13.2. The van der Waals surface area contributed by atoms with Crippen molar-refractivity contribution in [3.05, 3.63) is 48.2 Å². The second kappa shape index (κ2) is 9.27. The Morgan fingerprint density at radius 3 is 2.32 bits per heavy atom. The number of nitrogens with one attached hydrogen (secondary N) is 1. The van der Waals surface area contributed by atoms with Gasteiger partial charge in [-0.05, 0) is 92.7 Å². The Kier molecular flexibility index (Phi) is 6.18. The van der Waals surface area contributed by atoms with Crippen LogP contribution in [0.5, 0.6) is 0 Å². The van der Waals surface area contributed by atoms with Crippen molar-refractivity contribution in [1.82, 2.24) is 10.3 Å². The molecule has 2 N–H and O–H groups in total. The van der Waals surface area contributed by atoms with Gasteiger partial charge in [-0.2, -0.15) is 0 Å². The van der Waals surface area contributed by atoms with Crippen molar-refractivity contribution < 1.29 is 18.3 Å². The van der Waals surface area contributed by atoms with Crippen LogP contribution < -0.4 is 15.1 Å². The molecule has 2 atom stereocenters. The zero-order chi connectivity index (χ0) is 25.8. The number of anilines is 2. The van der Waals surface area contributed by atoms with Gasteiger partial charge in [-0.15, -0.1) is 0 Å². The molecule has 0 radical (unpaired) electrons. The molecular formula is C28H36N4O4S. The normalized spacial score (nSPS) is 31.3. The lowest BCUT2D eigenvalue weighted by molar-refractivity contribution is -0.136. The Morgan fingerprint density at radius 2 is 1.65 bits per heavy atom. The first-order valence-corrected chi connectivity index (χ1v) is 15.4. The minimum atomic E-state index is -3.21. The third-order valence-electron chi connectivity index (χ3n) is 8.96. The summed E-state index contributed by atoms with van der Waals surface area (Å²) in [4.78, 5) is 22.8. The fourth-order valence-electron chi connectivity index (χ4n) is 7.48. The fraction of sp³-hybridized carbons (Fsp3) is 0.571. The van der Waals surface area contributed by atoms with Gasteiger partial charge >= 0.3 is 0 Å². The summed E-state index contributed by atoms with van der Waals surface area (Å²) in [5.41, 5.74) is 0.949. The lowest BCUT2D eigenvalue weighted by Gasteiger charge is -2.58. The van der Waals surface area contributed by atoms with Crippen molar-refractivity contribution in [3.8, 4) is 0 Å². The first-order chi connectivity index (χ1) is 17.7. The number of aliphatic hydroxyl groups is 1. The van der Waals surface area contributed by atoms with E-state index in [2.05, 4.69) is 15.1 Å². The highest BCUT2D eigenvalue weighted by atomic mass is 32.2. The number of hydrogen-bond acceptors (Lipinski definition) is 7. The molecule has 5 aliphatic rings. The molecule has 2 heterocycles. The second-order valence-electron chi connectivity index (χ2n) is 11.7. The molecule has 2 unspecified atom stereocenters. The summed E-state index contributed by atoms with van der Waals surface area (Å²) in [6.07, 6.45) is 6.92. The van der Waals surface area contributed by atoms with Crippen molar-refractivity contribution in [2.45, 2.75) is 55.1 Å². The Bertz CT molecular complexity index is 1270. The van der Waals surface area contributed by atoms with E-state index in [0.717, 1.165) is 76.2 Å². The molecule has 1 aromatic heterocycles. The molecule has 37 heavy (non-hydrogen) atoms. The minimum absolute atomic E-state index is 0.117. The van der Waals surface area contributed by atoms with Gasteiger partial charge < -0.3 is 20.2 Å². The molecule has 1 amide bonds. The zero-order valence-corrected chi connectivity index (χ0v) is 22.2. The number of amides is 1. The average Bonchev–Trinajstić information content (AvgIpc) is 3.11. The van der Waals surface area contributed by atoms with Crippen molar-refractivity contribution in [2.24, 2.45) is 17.8 Å². The SMILES string of the molecule is CS(=O)(=O)c1ccc(N2CCCN(c3cccc(C(=O)NC4C5CC6CC4CC(O)(C6)C5)n3)CC2)cc1. The van der Waals surface area contributed by atoms with E-state index in [4.69, 9.17) is 4.98 Å². The summed E-state index contributed by atoms with van der Waals surface area (Å²) in [5, 5.41) is 14.2. The van der Waals surface area contributed by atoms with E-state index in [-0.39, 0.29) is 11.9 Å². The van der Waals surface area contributed by atoms with Crippen molar-refractivity contribution in [2.75, 3.05) is 42.2 Å². The van der Waals surface area contributed by atoms with Gasteiger partial charge in [0.25, 0.3) is 5.91 Å². The van der Waals surface area contributed by atoms with Crippen LogP contribution in [0.3, 0.4) is 0 Å². The molecule has 2 aromatic rings. The van der Waals surface area contributed by atoms with Crippen LogP contribution in [-0.2, 0) is 9.84 Å². The van der Waals surface area contributed by atoms with Gasteiger partial charge in [0.1, 0.15) is 11.5 Å². The lowest BCUT2D eigenvalue weighted by atomic mass is 9.52. The molecule has 0 spiro atoms. The molecule has 4 aliphatic carbocycles. The third kappa shape index (κ3) is 4.95. The molecule has 8 nitrogen and oxygen atoms in total. The molecule has 1 aliphatic heterocycles. The van der Waals surface area contributed by atoms with Crippen LogP contribution in [0.1, 0.15) is 49.0 Å². The molecule has 9 heteroatoms. The highest BCUT2D eigenvalue weighted by molar-refractivity contribution is 7.90. The molecule has 5 fully saturated rings. The molecule has 7 rings (SSSR count). The quantitative estimate of drug-likeness (QED) is 0.620. The lowest BCUT2D eigenvalue weighted by Crippen LogP contribution is -2.61. The highest BCUT2D eigenvalue weighted by Crippen LogP contribution is 2.55. The second-order valence-corrected chi connectivity index (χ2v) is 13.7. The summed E-state index contributed by atoms with van der Waals surface area (Å²) >= 11 is 0. The van der Waals surface area contributed by atoms with E-state index in [1.807, 2.05) is 24.3 Å². The number of rotatable bonds is 5. The van der Waals surface area contributed by atoms with Gasteiger partial charge in [0.2, 0.25) is 0 Å². The smallest absolute Gasteiger partial charge is 0.270 e. The van der Waals surface area contributed by atoms with Gasteiger partial charge in [-0.3, -0.25) is 4.79 Å². The first kappa shape index (κ1) is 24.7. The Morgan fingerprint density at radius 1 is 0.973 bits per heavy atom. The monoisotopic (exact) mass is 524 g/mol. The van der Waals surface area contributed by atoms with Gasteiger partial charge in [0, 0.05) is 44.2 Å². The topological polar surface area (TPSA) is 103 Å². The number of sulfone groups is 1. The largest absolute Gasteiger partial charge is 0.390 e. The number of benzene rings is 1. The summed E-state index contributed by atoms with van der Waals surface area (Å²) in [6, 6.07) is 12.9. The Labute approximate surface area is 219 Å². The number of hydrogen-bond donors (Lipinski definition) is 2.